The highest BCUT2D eigenvalue weighted by atomic mass is 35.5. The Labute approximate surface area is 226 Å². The van der Waals surface area contributed by atoms with E-state index < -0.39 is 36.2 Å². The third-order valence-corrected chi connectivity index (χ3v) is 8.65. The summed E-state index contributed by atoms with van der Waals surface area (Å²) < 4.78 is 5.02. The number of imide groups is 1. The van der Waals surface area contributed by atoms with Crippen LogP contribution in [-0.4, -0.2) is 47.0 Å². The zero-order valence-electron chi connectivity index (χ0n) is 19.0. The lowest BCUT2D eigenvalue weighted by molar-refractivity contribution is -0.125. The molecule has 2 saturated carbocycles. The van der Waals surface area contributed by atoms with E-state index in [0.29, 0.717) is 11.4 Å². The molecule has 5 rings (SSSR count). The normalized spacial score (nSPS) is 27.7. The van der Waals surface area contributed by atoms with Crippen molar-refractivity contribution < 1.29 is 28.7 Å². The fraction of sp³-hybridized carbons (Fsp3) is 0.320. The van der Waals surface area contributed by atoms with Crippen molar-refractivity contribution in [2.75, 3.05) is 11.5 Å². The number of halogens is 3. The minimum absolute atomic E-state index is 0.0431. The van der Waals surface area contributed by atoms with Crippen LogP contribution in [0, 0.1) is 23.7 Å². The largest absolute Gasteiger partial charge is 0.452 e. The zero-order chi connectivity index (χ0) is 26.4. The molecule has 37 heavy (non-hydrogen) atoms. The Morgan fingerprint density at radius 3 is 2.14 bits per heavy atom. The average molecular weight is 565 g/mol. The van der Waals surface area contributed by atoms with E-state index in [1.165, 1.54) is 42.5 Å². The highest BCUT2D eigenvalue weighted by Gasteiger charge is 2.66. The van der Waals surface area contributed by atoms with Gasteiger partial charge in [-0.2, -0.15) is 0 Å². The van der Waals surface area contributed by atoms with Crippen molar-refractivity contribution in [3.05, 3.63) is 64.7 Å². The number of fused-ring (bicyclic) bond motifs is 5. The van der Waals surface area contributed by atoms with Gasteiger partial charge in [-0.05, 0) is 60.7 Å². The first kappa shape index (κ1) is 25.5. The van der Waals surface area contributed by atoms with E-state index in [1.54, 1.807) is 6.07 Å². The van der Waals surface area contributed by atoms with E-state index in [4.69, 9.17) is 39.5 Å². The van der Waals surface area contributed by atoms with Gasteiger partial charge in [0.05, 0.1) is 33.8 Å². The first-order valence-corrected chi connectivity index (χ1v) is 12.7. The Balaban J connectivity index is 1.19. The predicted molar refractivity (Wildman–Crippen MR) is 134 cm³/mol. The summed E-state index contributed by atoms with van der Waals surface area (Å²) in [7, 11) is 0. The number of esters is 1. The number of amides is 4. The smallest absolute Gasteiger partial charge is 0.338 e. The van der Waals surface area contributed by atoms with E-state index in [1.807, 2.05) is 0 Å². The summed E-state index contributed by atoms with van der Waals surface area (Å²) in [6.07, 6.45) is 0.650. The third kappa shape index (κ3) is 4.56. The molecule has 2 aromatic rings. The van der Waals surface area contributed by atoms with Crippen LogP contribution in [0.5, 0.6) is 0 Å². The number of rotatable bonds is 5. The molecule has 2 bridgehead atoms. The van der Waals surface area contributed by atoms with Crippen LogP contribution in [0.4, 0.5) is 5.69 Å². The van der Waals surface area contributed by atoms with Gasteiger partial charge in [-0.3, -0.25) is 34.9 Å². The maximum absolute atomic E-state index is 13.2. The molecule has 192 valence electrons. The minimum Gasteiger partial charge on any atom is -0.452 e. The van der Waals surface area contributed by atoms with Gasteiger partial charge in [-0.1, -0.05) is 17.7 Å². The van der Waals surface area contributed by atoms with Gasteiger partial charge in [0.15, 0.2) is 6.61 Å². The number of hydrazine groups is 1. The Hall–Kier alpha value is -3.14. The minimum atomic E-state index is -0.845. The Morgan fingerprint density at radius 2 is 1.51 bits per heavy atom. The van der Waals surface area contributed by atoms with Crippen LogP contribution in [0.25, 0.3) is 0 Å². The van der Waals surface area contributed by atoms with Crippen molar-refractivity contribution in [1.82, 2.24) is 10.9 Å². The van der Waals surface area contributed by atoms with Crippen LogP contribution >= 0.6 is 34.8 Å². The maximum Gasteiger partial charge on any atom is 0.338 e. The molecular formula is C25H20Cl3N3O6. The van der Waals surface area contributed by atoms with Crippen LogP contribution < -0.4 is 15.8 Å². The first-order chi connectivity index (χ1) is 17.7. The number of carbonyl (C=O) groups is 5. The van der Waals surface area contributed by atoms with Gasteiger partial charge in [0.2, 0.25) is 11.8 Å². The molecule has 6 atom stereocenters. The molecular weight excluding hydrogens is 545 g/mol. The highest BCUT2D eigenvalue weighted by molar-refractivity contribution is 6.32. The molecule has 1 aliphatic heterocycles. The van der Waals surface area contributed by atoms with E-state index in [2.05, 4.69) is 10.9 Å². The molecule has 0 unspecified atom stereocenters. The van der Waals surface area contributed by atoms with Crippen molar-refractivity contribution in [3.8, 4) is 0 Å². The van der Waals surface area contributed by atoms with E-state index in [0.717, 1.165) is 4.90 Å². The summed E-state index contributed by atoms with van der Waals surface area (Å²) in [6.45, 7) is -0.673. The molecule has 1 heterocycles. The van der Waals surface area contributed by atoms with E-state index >= 15 is 0 Å². The van der Waals surface area contributed by atoms with Crippen LogP contribution in [0.1, 0.15) is 27.1 Å². The van der Waals surface area contributed by atoms with Gasteiger partial charge in [0.1, 0.15) is 0 Å². The number of ether oxygens (including phenoxy) is 1. The number of benzene rings is 2. The summed E-state index contributed by atoms with van der Waals surface area (Å²) in [6, 6.07) is 11.9. The second-order valence-corrected chi connectivity index (χ2v) is 10.6. The van der Waals surface area contributed by atoms with Gasteiger partial charge in [-0.15, -0.1) is 23.2 Å². The van der Waals surface area contributed by atoms with E-state index in [-0.39, 0.29) is 51.2 Å². The third-order valence-electron chi connectivity index (χ3n) is 7.08. The van der Waals surface area contributed by atoms with Crippen molar-refractivity contribution in [2.24, 2.45) is 23.7 Å². The number of anilines is 1. The molecule has 2 aromatic carbocycles. The number of carbonyl (C=O) groups excluding carboxylic acids is 5. The van der Waals surface area contributed by atoms with Crippen LogP contribution in [-0.2, 0) is 19.1 Å². The lowest BCUT2D eigenvalue weighted by Crippen LogP contribution is -2.43. The second kappa shape index (κ2) is 9.96. The number of alkyl halides is 2. The van der Waals surface area contributed by atoms with Gasteiger partial charge in [0, 0.05) is 10.6 Å². The standard InChI is InChI=1S/C25H20Cl3N3O6/c26-13-6-4-11(5-7-13)22(33)30-29-17(32)10-37-25(36)12-2-1-3-14(8-12)31-23(34)18-15-9-16(19(18)24(31)35)21(28)20(15)27/h1-8,15-16,18-21H,9-10H2,(H,29,32)(H,30,33)/t15-,16-,18-,19-,20+,21+/m1/s1. The topological polar surface area (TPSA) is 122 Å². The monoisotopic (exact) mass is 563 g/mol. The number of nitrogens with zero attached hydrogens (tertiary/aromatic N) is 1. The molecule has 2 N–H and O–H groups in total. The molecule has 0 aromatic heterocycles. The van der Waals surface area contributed by atoms with Crippen LogP contribution in [0.3, 0.4) is 0 Å². The van der Waals surface area contributed by atoms with Crippen LogP contribution in [0.15, 0.2) is 48.5 Å². The molecule has 3 aliphatic rings. The van der Waals surface area contributed by atoms with Gasteiger partial charge < -0.3 is 4.74 Å². The highest BCUT2D eigenvalue weighted by Crippen LogP contribution is 2.59. The lowest BCUT2D eigenvalue weighted by atomic mass is 9.80. The fourth-order valence-electron chi connectivity index (χ4n) is 5.43. The van der Waals surface area contributed by atoms with Crippen LogP contribution in [0.2, 0.25) is 5.02 Å². The van der Waals surface area contributed by atoms with Crippen molar-refractivity contribution in [2.45, 2.75) is 17.2 Å². The van der Waals surface area contributed by atoms with Gasteiger partial charge in [0.25, 0.3) is 11.8 Å². The molecule has 12 heteroatoms. The van der Waals surface area contributed by atoms with Gasteiger partial charge >= 0.3 is 5.97 Å². The molecule has 9 nitrogen and oxygen atoms in total. The Morgan fingerprint density at radius 1 is 0.892 bits per heavy atom. The lowest BCUT2D eigenvalue weighted by Gasteiger charge is -2.28. The average Bonchev–Trinajstić information content (AvgIpc) is 3.51. The summed E-state index contributed by atoms with van der Waals surface area (Å²) in [5, 5.41) is -0.279. The summed E-state index contributed by atoms with van der Waals surface area (Å²) in [5.41, 5.74) is 4.89. The van der Waals surface area contributed by atoms with Gasteiger partial charge in [-0.25, -0.2) is 4.79 Å². The summed E-state index contributed by atoms with van der Waals surface area (Å²) in [4.78, 5) is 64.0. The Bertz CT molecular complexity index is 1270. The number of hydrogen-bond acceptors (Lipinski definition) is 6. The maximum atomic E-state index is 13.2. The summed E-state index contributed by atoms with van der Waals surface area (Å²) >= 11 is 18.6. The summed E-state index contributed by atoms with van der Waals surface area (Å²) in [5.74, 6) is -4.25. The number of hydrogen-bond donors (Lipinski definition) is 2. The molecule has 1 saturated heterocycles. The van der Waals surface area contributed by atoms with Crippen molar-refractivity contribution >= 4 is 70.1 Å². The molecule has 4 amide bonds. The van der Waals surface area contributed by atoms with Crippen molar-refractivity contribution in [3.63, 3.8) is 0 Å². The van der Waals surface area contributed by atoms with E-state index in [9.17, 15) is 24.0 Å². The number of nitrogens with one attached hydrogen (secondary N) is 2. The second-order valence-electron chi connectivity index (χ2n) is 9.15. The molecule has 3 fully saturated rings. The quantitative estimate of drug-likeness (QED) is 0.249. The first-order valence-electron chi connectivity index (χ1n) is 11.4. The predicted octanol–water partition coefficient (Wildman–Crippen LogP) is 2.93. The fourth-order valence-corrected chi connectivity index (χ4v) is 6.44. The molecule has 2 aliphatic carbocycles. The zero-order valence-corrected chi connectivity index (χ0v) is 21.3. The SMILES string of the molecule is O=C(COC(=O)c1cccc(N2C(=O)[C@@H]3[C@H]4C[C@@H]([C@H](Cl)[C@H]4Cl)[C@H]3C2=O)c1)NNC(=O)c1ccc(Cl)cc1. The Kier molecular flexibility index (Phi) is 6.87. The molecule has 0 radical (unpaired) electrons. The molecule has 0 spiro atoms. The van der Waals surface area contributed by atoms with Crippen molar-refractivity contribution in [1.29, 1.82) is 0 Å².